The van der Waals surface area contributed by atoms with E-state index in [2.05, 4.69) is 34.1 Å². The lowest BCUT2D eigenvalue weighted by Crippen LogP contribution is -2.28. The Bertz CT molecular complexity index is 1070. The monoisotopic (exact) mass is 413 g/mol. The number of fused-ring (bicyclic) bond motifs is 1. The highest BCUT2D eigenvalue weighted by Crippen LogP contribution is 2.22. The Kier molecular flexibility index (Phi) is 6.46. The van der Waals surface area contributed by atoms with E-state index in [0.29, 0.717) is 18.2 Å². The number of rotatable bonds is 9. The van der Waals surface area contributed by atoms with Gasteiger partial charge in [0.15, 0.2) is 0 Å². The van der Waals surface area contributed by atoms with Crippen molar-refractivity contribution in [2.75, 3.05) is 25.0 Å². The smallest absolute Gasteiger partial charge is 0.309 e. The highest BCUT2D eigenvalue weighted by molar-refractivity contribution is 5.91. The number of nitrogens with one attached hydrogen (secondary N) is 1. The number of carbonyl (C=O) groups is 1. The summed E-state index contributed by atoms with van der Waals surface area (Å²) in [7, 11) is 0. The number of benzene rings is 1. The third-order valence-electron chi connectivity index (χ3n) is 5.26. The minimum absolute atomic E-state index is 0.0609. The van der Waals surface area contributed by atoms with E-state index in [4.69, 9.17) is 0 Å². The number of amides is 1. The molecule has 0 bridgehead atoms. The molecule has 0 radical (unpaired) electrons. The van der Waals surface area contributed by atoms with Crippen molar-refractivity contribution in [2.45, 2.75) is 40.8 Å². The van der Waals surface area contributed by atoms with E-state index >= 15 is 0 Å². The van der Waals surface area contributed by atoms with Crippen LogP contribution in [0.3, 0.4) is 0 Å². The molecule has 0 aliphatic heterocycles. The van der Waals surface area contributed by atoms with E-state index in [-0.39, 0.29) is 23.8 Å². The molecule has 0 unspecified atom stereocenters. The lowest BCUT2D eigenvalue weighted by Gasteiger charge is -2.19. The van der Waals surface area contributed by atoms with Gasteiger partial charge in [-0.15, -0.1) is 0 Å². The van der Waals surface area contributed by atoms with Crippen LogP contribution in [0.2, 0.25) is 0 Å². The largest absolute Gasteiger partial charge is 0.312 e. The Labute approximate surface area is 174 Å². The fourth-order valence-electron chi connectivity index (χ4n) is 3.58. The second-order valence-corrected chi connectivity index (χ2v) is 7.09. The lowest BCUT2D eigenvalue weighted by atomic mass is 10.3. The quantitative estimate of drug-likeness (QED) is 0.426. The molecule has 1 amide bonds. The number of imidazole rings is 1. The molecule has 0 atom stereocenters. The summed E-state index contributed by atoms with van der Waals surface area (Å²) in [4.78, 5) is 30.3. The molecule has 0 saturated heterocycles. The first-order chi connectivity index (χ1) is 14.3. The molecular weight excluding hydrogens is 386 g/mol. The molecule has 10 nitrogen and oxygen atoms in total. The summed E-state index contributed by atoms with van der Waals surface area (Å²) in [6, 6.07) is 7.73. The summed E-state index contributed by atoms with van der Waals surface area (Å²) in [6.07, 6.45) is 0. The van der Waals surface area contributed by atoms with Crippen LogP contribution in [-0.4, -0.2) is 54.7 Å². The number of aromatic nitrogens is 4. The van der Waals surface area contributed by atoms with Crippen molar-refractivity contribution in [1.82, 2.24) is 24.2 Å². The maximum atomic E-state index is 12.7. The number of hydrogen-bond acceptors (Lipinski definition) is 6. The average molecular weight is 413 g/mol. The number of anilines is 1. The topological polar surface area (TPSA) is 111 Å². The summed E-state index contributed by atoms with van der Waals surface area (Å²) in [5.74, 6) is 0.124. The zero-order valence-corrected chi connectivity index (χ0v) is 17.8. The van der Waals surface area contributed by atoms with Crippen molar-refractivity contribution < 1.29 is 9.72 Å². The molecule has 0 aliphatic rings. The molecule has 1 aromatic carbocycles. The third-order valence-corrected chi connectivity index (χ3v) is 5.26. The van der Waals surface area contributed by atoms with Gasteiger partial charge in [-0.1, -0.05) is 26.0 Å². The van der Waals surface area contributed by atoms with Gasteiger partial charge < -0.3 is 9.47 Å². The number of hydrogen-bond donors (Lipinski definition) is 1. The summed E-state index contributed by atoms with van der Waals surface area (Å²) < 4.78 is 3.35. The number of nitrogens with zero attached hydrogens (tertiary/aromatic N) is 6. The molecule has 1 N–H and O–H groups in total. The second kappa shape index (κ2) is 9.04. The van der Waals surface area contributed by atoms with E-state index in [1.54, 1.807) is 13.8 Å². The van der Waals surface area contributed by atoms with Gasteiger partial charge in [0.05, 0.1) is 16.0 Å². The van der Waals surface area contributed by atoms with Crippen LogP contribution in [0.15, 0.2) is 24.3 Å². The molecule has 0 spiro atoms. The van der Waals surface area contributed by atoms with E-state index in [1.165, 1.54) is 4.68 Å². The maximum Gasteiger partial charge on any atom is 0.312 e. The van der Waals surface area contributed by atoms with Crippen LogP contribution >= 0.6 is 0 Å². The molecule has 3 aromatic rings. The second-order valence-electron chi connectivity index (χ2n) is 7.09. The molecule has 0 fully saturated rings. The van der Waals surface area contributed by atoms with Crippen molar-refractivity contribution in [1.29, 1.82) is 0 Å². The van der Waals surface area contributed by atoms with Gasteiger partial charge in [0, 0.05) is 13.1 Å². The molecule has 10 heteroatoms. The van der Waals surface area contributed by atoms with Crippen LogP contribution in [0.4, 0.5) is 11.6 Å². The van der Waals surface area contributed by atoms with Crippen molar-refractivity contribution in [3.8, 4) is 0 Å². The zero-order chi connectivity index (χ0) is 21.8. The third kappa shape index (κ3) is 4.33. The summed E-state index contributed by atoms with van der Waals surface area (Å²) >= 11 is 0. The summed E-state index contributed by atoms with van der Waals surface area (Å²) in [6.45, 7) is 10.7. The van der Waals surface area contributed by atoms with Crippen LogP contribution in [-0.2, 0) is 17.9 Å². The minimum Gasteiger partial charge on any atom is -0.309 e. The fourth-order valence-corrected chi connectivity index (χ4v) is 3.58. The van der Waals surface area contributed by atoms with Gasteiger partial charge >= 0.3 is 5.69 Å². The Morgan fingerprint density at radius 3 is 2.57 bits per heavy atom. The first kappa shape index (κ1) is 21.4. The molecule has 2 aromatic heterocycles. The van der Waals surface area contributed by atoms with Gasteiger partial charge in [-0.05, 0) is 39.1 Å². The van der Waals surface area contributed by atoms with E-state index in [0.717, 1.165) is 30.7 Å². The summed E-state index contributed by atoms with van der Waals surface area (Å²) in [5.41, 5.74) is 2.32. The number of para-hydroxylation sites is 2. The van der Waals surface area contributed by atoms with Crippen molar-refractivity contribution in [3.63, 3.8) is 0 Å². The molecule has 3 rings (SSSR count). The highest BCUT2D eigenvalue weighted by atomic mass is 16.6. The van der Waals surface area contributed by atoms with Crippen LogP contribution < -0.4 is 5.32 Å². The van der Waals surface area contributed by atoms with E-state index < -0.39 is 4.92 Å². The number of likely N-dealkylation sites (N-methyl/N-ethyl adjacent to an activating group) is 1. The van der Waals surface area contributed by atoms with Crippen LogP contribution in [0, 0.1) is 24.0 Å². The van der Waals surface area contributed by atoms with E-state index in [1.807, 2.05) is 28.8 Å². The molecule has 0 saturated carbocycles. The van der Waals surface area contributed by atoms with Gasteiger partial charge in [0.2, 0.25) is 11.9 Å². The van der Waals surface area contributed by atoms with Crippen LogP contribution in [0.25, 0.3) is 11.0 Å². The Morgan fingerprint density at radius 1 is 1.23 bits per heavy atom. The van der Waals surface area contributed by atoms with Crippen molar-refractivity contribution >= 4 is 28.6 Å². The van der Waals surface area contributed by atoms with Gasteiger partial charge in [0.25, 0.3) is 0 Å². The average Bonchev–Trinajstić information content (AvgIpc) is 3.18. The maximum absolute atomic E-state index is 12.7. The Balaban J connectivity index is 1.83. The predicted octanol–water partition coefficient (Wildman–Crippen LogP) is 2.74. The lowest BCUT2D eigenvalue weighted by molar-refractivity contribution is -0.386. The van der Waals surface area contributed by atoms with Crippen LogP contribution in [0.5, 0.6) is 0 Å². The van der Waals surface area contributed by atoms with Gasteiger partial charge in [0.1, 0.15) is 17.9 Å². The molecule has 2 heterocycles. The van der Waals surface area contributed by atoms with Gasteiger partial charge in [-0.2, -0.15) is 5.10 Å². The molecule has 0 aliphatic carbocycles. The molecular formula is C20H27N7O3. The first-order valence-corrected chi connectivity index (χ1v) is 10.0. The summed E-state index contributed by atoms with van der Waals surface area (Å²) in [5, 5.41) is 18.2. The SMILES string of the molecule is CCN(CC)CCn1c(NC(=O)Cn2nc(C)c([N+](=O)[O-])c2C)nc2ccccc21. The molecule has 30 heavy (non-hydrogen) atoms. The Morgan fingerprint density at radius 2 is 1.93 bits per heavy atom. The van der Waals surface area contributed by atoms with Crippen molar-refractivity contribution in [3.05, 3.63) is 45.8 Å². The van der Waals surface area contributed by atoms with Crippen LogP contribution in [0.1, 0.15) is 25.2 Å². The van der Waals surface area contributed by atoms with Crippen molar-refractivity contribution in [2.24, 2.45) is 0 Å². The zero-order valence-electron chi connectivity index (χ0n) is 17.8. The number of carbonyl (C=O) groups excluding carboxylic acids is 1. The molecule has 160 valence electrons. The first-order valence-electron chi connectivity index (χ1n) is 10.0. The Hall–Kier alpha value is -3.27. The number of nitro groups is 1. The normalized spacial score (nSPS) is 11.4. The van der Waals surface area contributed by atoms with Gasteiger partial charge in [-0.3, -0.25) is 24.9 Å². The number of aryl methyl sites for hydroxylation is 1. The minimum atomic E-state index is -0.473. The standard InChI is InChI=1S/C20H27N7O3/c1-5-24(6-2)11-12-25-17-10-8-7-9-16(17)21-20(25)22-18(28)13-26-15(4)19(27(29)30)14(3)23-26/h7-10H,5-6,11-13H2,1-4H3,(H,21,22,28). The highest BCUT2D eigenvalue weighted by Gasteiger charge is 2.23. The fraction of sp³-hybridized carbons (Fsp3) is 0.450. The van der Waals surface area contributed by atoms with E-state index in [9.17, 15) is 14.9 Å². The van der Waals surface area contributed by atoms with Gasteiger partial charge in [-0.25, -0.2) is 4.98 Å². The predicted molar refractivity (Wildman–Crippen MR) is 115 cm³/mol.